The van der Waals surface area contributed by atoms with Gasteiger partial charge in [0.1, 0.15) is 5.75 Å². The highest BCUT2D eigenvalue weighted by atomic mass is 16.5. The van der Waals surface area contributed by atoms with E-state index < -0.39 is 6.10 Å². The number of ether oxygens (including phenoxy) is 1. The molecule has 0 radical (unpaired) electrons. The van der Waals surface area contributed by atoms with E-state index in [1.54, 1.807) is 7.11 Å². The van der Waals surface area contributed by atoms with E-state index in [-0.39, 0.29) is 0 Å². The van der Waals surface area contributed by atoms with Crippen LogP contribution in [-0.2, 0) is 6.54 Å². The van der Waals surface area contributed by atoms with Crippen LogP contribution in [0.2, 0.25) is 0 Å². The Morgan fingerprint density at radius 1 is 1.08 bits per heavy atom. The van der Waals surface area contributed by atoms with E-state index in [4.69, 9.17) is 9.15 Å². The van der Waals surface area contributed by atoms with E-state index >= 15 is 0 Å². The summed E-state index contributed by atoms with van der Waals surface area (Å²) in [5, 5.41) is 21.3. The SMILES string of the molecule is COc1ccc(-c2nnc(CNC[C@H](O)c3ccccc3)o2)cc1. The zero-order valence-electron chi connectivity index (χ0n) is 13.3. The summed E-state index contributed by atoms with van der Waals surface area (Å²) in [7, 11) is 1.62. The molecule has 0 saturated heterocycles. The van der Waals surface area contributed by atoms with Gasteiger partial charge in [-0.2, -0.15) is 0 Å². The van der Waals surface area contributed by atoms with E-state index in [1.807, 2.05) is 54.6 Å². The summed E-state index contributed by atoms with van der Waals surface area (Å²) in [6, 6.07) is 16.9. The number of methoxy groups -OCH3 is 1. The average molecular weight is 325 g/mol. The van der Waals surface area contributed by atoms with E-state index in [1.165, 1.54) is 0 Å². The summed E-state index contributed by atoms with van der Waals surface area (Å²) in [5.74, 6) is 1.70. The molecule has 0 aliphatic heterocycles. The lowest BCUT2D eigenvalue weighted by Crippen LogP contribution is -2.21. The van der Waals surface area contributed by atoms with Gasteiger partial charge in [0.2, 0.25) is 11.8 Å². The van der Waals surface area contributed by atoms with Gasteiger partial charge in [0, 0.05) is 12.1 Å². The molecule has 0 aliphatic rings. The summed E-state index contributed by atoms with van der Waals surface area (Å²) in [6.07, 6.45) is -0.574. The monoisotopic (exact) mass is 325 g/mol. The van der Waals surface area contributed by atoms with Crippen molar-refractivity contribution in [1.29, 1.82) is 0 Å². The van der Waals surface area contributed by atoms with Crippen LogP contribution in [0.3, 0.4) is 0 Å². The third-order valence-corrected chi connectivity index (χ3v) is 3.60. The number of nitrogens with zero attached hydrogens (tertiary/aromatic N) is 2. The van der Waals surface area contributed by atoms with Crippen LogP contribution in [0.5, 0.6) is 5.75 Å². The first-order valence-corrected chi connectivity index (χ1v) is 7.67. The molecular formula is C18H19N3O3. The van der Waals surface area contributed by atoms with Crippen molar-refractivity contribution in [2.75, 3.05) is 13.7 Å². The van der Waals surface area contributed by atoms with Gasteiger partial charge in [-0.25, -0.2) is 0 Å². The molecule has 124 valence electrons. The van der Waals surface area contributed by atoms with Crippen molar-refractivity contribution in [3.8, 4) is 17.2 Å². The third kappa shape index (κ3) is 3.98. The fraction of sp³-hybridized carbons (Fsp3) is 0.222. The summed E-state index contributed by atoms with van der Waals surface area (Å²) in [5.41, 5.74) is 1.70. The molecule has 0 aliphatic carbocycles. The molecule has 2 aromatic carbocycles. The fourth-order valence-corrected chi connectivity index (χ4v) is 2.28. The number of benzene rings is 2. The van der Waals surface area contributed by atoms with Crippen LogP contribution in [0, 0.1) is 0 Å². The van der Waals surface area contributed by atoms with Crippen molar-refractivity contribution in [2.24, 2.45) is 0 Å². The van der Waals surface area contributed by atoms with Gasteiger partial charge in [0.15, 0.2) is 0 Å². The Morgan fingerprint density at radius 3 is 2.54 bits per heavy atom. The number of aliphatic hydroxyl groups excluding tert-OH is 1. The predicted octanol–water partition coefficient (Wildman–Crippen LogP) is 2.57. The highest BCUT2D eigenvalue weighted by Gasteiger charge is 2.10. The van der Waals surface area contributed by atoms with E-state index in [0.717, 1.165) is 16.9 Å². The number of hydrogen-bond acceptors (Lipinski definition) is 6. The molecule has 0 fully saturated rings. The van der Waals surface area contributed by atoms with Gasteiger partial charge >= 0.3 is 0 Å². The average Bonchev–Trinajstić information content (AvgIpc) is 3.11. The molecular weight excluding hydrogens is 306 g/mol. The minimum absolute atomic E-state index is 0.396. The normalized spacial score (nSPS) is 12.1. The van der Waals surface area contributed by atoms with E-state index in [9.17, 15) is 5.11 Å². The molecule has 3 aromatic rings. The van der Waals surface area contributed by atoms with Gasteiger partial charge in [0.25, 0.3) is 0 Å². The summed E-state index contributed by atoms with van der Waals surface area (Å²) in [6.45, 7) is 0.803. The lowest BCUT2D eigenvalue weighted by atomic mass is 10.1. The third-order valence-electron chi connectivity index (χ3n) is 3.60. The molecule has 0 bridgehead atoms. The Kier molecular flexibility index (Phi) is 5.20. The van der Waals surface area contributed by atoms with Crippen molar-refractivity contribution < 1.29 is 14.3 Å². The van der Waals surface area contributed by atoms with E-state index in [0.29, 0.717) is 24.9 Å². The van der Waals surface area contributed by atoms with Gasteiger partial charge in [-0.05, 0) is 29.8 Å². The minimum Gasteiger partial charge on any atom is -0.497 e. The van der Waals surface area contributed by atoms with Crippen molar-refractivity contribution in [3.63, 3.8) is 0 Å². The Morgan fingerprint density at radius 2 is 1.83 bits per heavy atom. The van der Waals surface area contributed by atoms with Crippen molar-refractivity contribution in [2.45, 2.75) is 12.6 Å². The van der Waals surface area contributed by atoms with Crippen LogP contribution in [0.25, 0.3) is 11.5 Å². The second-order valence-corrected chi connectivity index (χ2v) is 5.29. The number of aromatic nitrogens is 2. The minimum atomic E-state index is -0.574. The predicted molar refractivity (Wildman–Crippen MR) is 89.4 cm³/mol. The zero-order valence-corrected chi connectivity index (χ0v) is 13.3. The zero-order chi connectivity index (χ0) is 16.8. The van der Waals surface area contributed by atoms with Crippen molar-refractivity contribution >= 4 is 0 Å². The smallest absolute Gasteiger partial charge is 0.247 e. The van der Waals surface area contributed by atoms with Crippen LogP contribution in [0.1, 0.15) is 17.6 Å². The first-order chi connectivity index (χ1) is 11.8. The first kappa shape index (κ1) is 16.2. The van der Waals surface area contributed by atoms with E-state index in [2.05, 4.69) is 15.5 Å². The lowest BCUT2D eigenvalue weighted by molar-refractivity contribution is 0.173. The van der Waals surface area contributed by atoms with Crippen LogP contribution in [0.4, 0.5) is 0 Å². The van der Waals surface area contributed by atoms with Crippen molar-refractivity contribution in [1.82, 2.24) is 15.5 Å². The summed E-state index contributed by atoms with van der Waals surface area (Å²) >= 11 is 0. The Bertz CT molecular complexity index is 757. The maximum atomic E-state index is 10.1. The Labute approximate surface area is 140 Å². The van der Waals surface area contributed by atoms with Gasteiger partial charge in [-0.1, -0.05) is 30.3 Å². The number of nitrogens with one attached hydrogen (secondary N) is 1. The molecule has 3 rings (SSSR count). The van der Waals surface area contributed by atoms with Crippen LogP contribution >= 0.6 is 0 Å². The van der Waals surface area contributed by atoms with Crippen LogP contribution in [-0.4, -0.2) is 29.0 Å². The standard InChI is InChI=1S/C18H19N3O3/c1-23-15-9-7-14(8-10-15)18-21-20-17(24-18)12-19-11-16(22)13-5-3-2-4-6-13/h2-10,16,19,22H,11-12H2,1H3/t16-/m0/s1. The molecule has 0 spiro atoms. The van der Waals surface area contributed by atoms with Crippen molar-refractivity contribution in [3.05, 3.63) is 66.1 Å². The first-order valence-electron chi connectivity index (χ1n) is 7.67. The Hall–Kier alpha value is -2.70. The van der Waals surface area contributed by atoms with Crippen LogP contribution in [0.15, 0.2) is 59.0 Å². The molecule has 6 nitrogen and oxygen atoms in total. The summed E-state index contributed by atoms with van der Waals surface area (Å²) in [4.78, 5) is 0. The second-order valence-electron chi connectivity index (χ2n) is 5.29. The summed E-state index contributed by atoms with van der Waals surface area (Å²) < 4.78 is 10.7. The van der Waals surface area contributed by atoms with Crippen LogP contribution < -0.4 is 10.1 Å². The molecule has 0 amide bonds. The largest absolute Gasteiger partial charge is 0.497 e. The van der Waals surface area contributed by atoms with Gasteiger partial charge < -0.3 is 19.6 Å². The maximum absolute atomic E-state index is 10.1. The Balaban J connectivity index is 1.54. The molecule has 2 N–H and O–H groups in total. The lowest BCUT2D eigenvalue weighted by Gasteiger charge is -2.10. The van der Waals surface area contributed by atoms with Gasteiger partial charge in [-0.3, -0.25) is 0 Å². The highest BCUT2D eigenvalue weighted by molar-refractivity contribution is 5.53. The number of rotatable bonds is 7. The second kappa shape index (κ2) is 7.72. The number of aliphatic hydroxyl groups is 1. The quantitative estimate of drug-likeness (QED) is 0.695. The molecule has 0 saturated carbocycles. The number of hydrogen-bond donors (Lipinski definition) is 2. The van der Waals surface area contributed by atoms with Gasteiger partial charge in [0.05, 0.1) is 19.8 Å². The fourth-order valence-electron chi connectivity index (χ4n) is 2.28. The topological polar surface area (TPSA) is 80.4 Å². The molecule has 0 unspecified atom stereocenters. The molecule has 6 heteroatoms. The van der Waals surface area contributed by atoms with Gasteiger partial charge in [-0.15, -0.1) is 10.2 Å². The molecule has 24 heavy (non-hydrogen) atoms. The molecule has 1 heterocycles. The maximum Gasteiger partial charge on any atom is 0.247 e. The molecule has 1 atom stereocenters. The molecule has 1 aromatic heterocycles. The highest BCUT2D eigenvalue weighted by Crippen LogP contribution is 2.21.